The lowest BCUT2D eigenvalue weighted by Gasteiger charge is -2.41. The minimum absolute atomic E-state index is 0.0735. The fraction of sp³-hybridized carbons (Fsp3) is 0.559. The summed E-state index contributed by atoms with van der Waals surface area (Å²) in [6.07, 6.45) is 3.07. The highest BCUT2D eigenvalue weighted by Gasteiger charge is 2.50. The third kappa shape index (κ3) is 5.47. The van der Waals surface area contributed by atoms with Crippen LogP contribution in [0.3, 0.4) is 0 Å². The number of rotatable bonds is 8. The summed E-state index contributed by atoms with van der Waals surface area (Å²) >= 11 is 6.79. The van der Waals surface area contributed by atoms with Gasteiger partial charge in [-0.3, -0.25) is 9.80 Å². The lowest BCUT2D eigenvalue weighted by molar-refractivity contribution is 0.0512. The van der Waals surface area contributed by atoms with Crippen LogP contribution in [0.5, 0.6) is 11.8 Å². The standard InChI is InChI=1S/C34H40ClFN6O5/c1-45-20-47-25-12-21-4-2-5-27(35)30(21)29(13-25)39-11-8-26-28(18-39)37-32(46-19-34-9-3-10-41(34)15-22(36)14-34)38-31(26)40-16-23-6-7-24(17-40)42(23)33(43)44/h2,4-5,12-13,22-24H,3,6-11,14-20H2,1H3,(H,43,44)/t22-,23-,24+,34+/m1/s1. The van der Waals surface area contributed by atoms with Crippen molar-refractivity contribution in [2.75, 3.05) is 63.0 Å². The number of carbonyl (C=O) groups is 1. The van der Waals surface area contributed by atoms with E-state index in [1.165, 1.54) is 0 Å². The average Bonchev–Trinajstić information content (AvgIpc) is 3.68. The number of fused-ring (bicyclic) bond motifs is 5. The number of alkyl halides is 1. The molecule has 47 heavy (non-hydrogen) atoms. The molecule has 4 saturated heterocycles. The lowest BCUT2D eigenvalue weighted by atomic mass is 9.95. The van der Waals surface area contributed by atoms with Crippen molar-refractivity contribution in [1.82, 2.24) is 19.8 Å². The molecule has 250 valence electrons. The minimum Gasteiger partial charge on any atom is -0.467 e. The fourth-order valence-electron chi connectivity index (χ4n) is 8.75. The van der Waals surface area contributed by atoms with Gasteiger partial charge in [-0.05, 0) is 56.2 Å². The zero-order chi connectivity index (χ0) is 32.3. The highest BCUT2D eigenvalue weighted by atomic mass is 35.5. The first-order valence-electron chi connectivity index (χ1n) is 16.6. The van der Waals surface area contributed by atoms with Crippen LogP contribution in [0.15, 0.2) is 30.3 Å². The van der Waals surface area contributed by atoms with Crippen molar-refractivity contribution in [1.29, 1.82) is 0 Å². The monoisotopic (exact) mass is 666 g/mol. The van der Waals surface area contributed by atoms with E-state index in [1.54, 1.807) is 12.0 Å². The molecule has 1 amide bonds. The number of carboxylic acid groups (broad SMARTS) is 1. The number of aromatic nitrogens is 2. The van der Waals surface area contributed by atoms with Crippen molar-refractivity contribution in [3.8, 4) is 11.8 Å². The Morgan fingerprint density at radius 1 is 1.11 bits per heavy atom. The molecular formula is C34H40ClFN6O5. The number of anilines is 2. The molecule has 4 fully saturated rings. The van der Waals surface area contributed by atoms with Gasteiger partial charge in [0.15, 0.2) is 6.79 Å². The second-order valence-corrected chi connectivity index (χ2v) is 14.0. The first kappa shape index (κ1) is 30.7. The zero-order valence-electron chi connectivity index (χ0n) is 26.5. The molecule has 11 nitrogen and oxygen atoms in total. The average molecular weight is 667 g/mol. The van der Waals surface area contributed by atoms with Crippen LogP contribution < -0.4 is 19.3 Å². The van der Waals surface area contributed by atoms with E-state index in [-0.39, 0.29) is 30.4 Å². The normalized spacial score (nSPS) is 27.0. The van der Waals surface area contributed by atoms with Gasteiger partial charge in [-0.25, -0.2) is 9.18 Å². The number of ether oxygens (including phenoxy) is 3. The molecule has 1 N–H and O–H groups in total. The summed E-state index contributed by atoms with van der Waals surface area (Å²) < 4.78 is 32.0. The predicted molar refractivity (Wildman–Crippen MR) is 176 cm³/mol. The summed E-state index contributed by atoms with van der Waals surface area (Å²) in [5.41, 5.74) is 2.55. The smallest absolute Gasteiger partial charge is 0.407 e. The molecule has 4 atom stereocenters. The topological polar surface area (TPSA) is 104 Å². The molecule has 0 spiro atoms. The van der Waals surface area contributed by atoms with Gasteiger partial charge in [0.05, 0.1) is 40.6 Å². The van der Waals surface area contributed by atoms with Gasteiger partial charge in [-0.15, -0.1) is 0 Å². The largest absolute Gasteiger partial charge is 0.467 e. The van der Waals surface area contributed by atoms with Crippen LogP contribution in [0.2, 0.25) is 5.02 Å². The molecule has 6 heterocycles. The van der Waals surface area contributed by atoms with Crippen LogP contribution in [0, 0.1) is 0 Å². The predicted octanol–water partition coefficient (Wildman–Crippen LogP) is 5.11. The lowest BCUT2D eigenvalue weighted by Crippen LogP contribution is -2.56. The van der Waals surface area contributed by atoms with Crippen molar-refractivity contribution < 1.29 is 28.5 Å². The molecule has 3 aromatic rings. The quantitative estimate of drug-likeness (QED) is 0.326. The fourth-order valence-corrected chi connectivity index (χ4v) is 9.03. The van der Waals surface area contributed by atoms with Crippen LogP contribution >= 0.6 is 11.6 Å². The SMILES string of the molecule is COCOc1cc(N2CCc3c(nc(OC[C@@]45CCCN4C[C@H](F)C5)nc3N3C[C@H]4CC[C@@H](C3)N4C(=O)O)C2)c2c(Cl)cccc2c1. The minimum atomic E-state index is -0.854. The summed E-state index contributed by atoms with van der Waals surface area (Å²) in [7, 11) is 1.59. The van der Waals surface area contributed by atoms with E-state index >= 15 is 0 Å². The number of hydrogen-bond donors (Lipinski definition) is 1. The van der Waals surface area contributed by atoms with E-state index in [0.29, 0.717) is 62.9 Å². The Morgan fingerprint density at radius 3 is 2.72 bits per heavy atom. The van der Waals surface area contributed by atoms with Crippen LogP contribution in [0.1, 0.15) is 43.4 Å². The van der Waals surface area contributed by atoms with Crippen LogP contribution in [-0.4, -0.2) is 108 Å². The third-order valence-corrected chi connectivity index (χ3v) is 11.1. The Hall–Kier alpha value is -3.61. The van der Waals surface area contributed by atoms with Crippen molar-refractivity contribution in [2.24, 2.45) is 0 Å². The van der Waals surface area contributed by atoms with Crippen molar-refractivity contribution in [3.05, 3.63) is 46.6 Å². The maximum absolute atomic E-state index is 14.5. The number of amides is 1. The van der Waals surface area contributed by atoms with E-state index in [2.05, 4.69) is 14.7 Å². The summed E-state index contributed by atoms with van der Waals surface area (Å²) in [5.74, 6) is 1.51. The Bertz CT molecular complexity index is 1680. The summed E-state index contributed by atoms with van der Waals surface area (Å²) in [6, 6.07) is 9.97. The molecule has 2 aromatic carbocycles. The Balaban J connectivity index is 1.15. The molecule has 5 aliphatic rings. The second kappa shape index (κ2) is 12.1. The van der Waals surface area contributed by atoms with Gasteiger partial charge >= 0.3 is 12.1 Å². The highest BCUT2D eigenvalue weighted by Crippen LogP contribution is 2.43. The number of halogens is 2. The molecule has 13 heteroatoms. The van der Waals surface area contributed by atoms with E-state index in [1.807, 2.05) is 30.3 Å². The summed E-state index contributed by atoms with van der Waals surface area (Å²) in [6.45, 7) is 4.17. The van der Waals surface area contributed by atoms with Gasteiger partial charge < -0.3 is 29.1 Å². The Morgan fingerprint density at radius 2 is 1.94 bits per heavy atom. The van der Waals surface area contributed by atoms with Crippen molar-refractivity contribution >= 4 is 40.0 Å². The van der Waals surface area contributed by atoms with Crippen LogP contribution in [0.25, 0.3) is 10.8 Å². The van der Waals surface area contributed by atoms with Crippen LogP contribution in [0.4, 0.5) is 20.7 Å². The van der Waals surface area contributed by atoms with E-state index in [4.69, 9.17) is 35.8 Å². The molecular weight excluding hydrogens is 627 g/mol. The molecule has 1 aromatic heterocycles. The van der Waals surface area contributed by atoms with Gasteiger partial charge in [0.2, 0.25) is 0 Å². The molecule has 8 rings (SSSR count). The maximum Gasteiger partial charge on any atom is 0.407 e. The number of benzene rings is 2. The molecule has 2 bridgehead atoms. The first-order valence-corrected chi connectivity index (χ1v) is 17.0. The number of piperazine rings is 1. The highest BCUT2D eigenvalue weighted by molar-refractivity contribution is 6.36. The maximum atomic E-state index is 14.5. The van der Waals surface area contributed by atoms with Gasteiger partial charge in [0.25, 0.3) is 0 Å². The molecule has 0 aliphatic carbocycles. The number of hydrogen-bond acceptors (Lipinski definition) is 9. The Kier molecular flexibility index (Phi) is 7.92. The number of methoxy groups -OCH3 is 1. The van der Waals surface area contributed by atoms with Gasteiger partial charge in [-0.1, -0.05) is 23.7 Å². The van der Waals surface area contributed by atoms with Gasteiger partial charge in [-0.2, -0.15) is 9.97 Å². The van der Waals surface area contributed by atoms with Crippen LogP contribution in [-0.2, 0) is 17.7 Å². The Labute approximate surface area is 278 Å². The first-order chi connectivity index (χ1) is 22.8. The van der Waals surface area contributed by atoms with E-state index in [0.717, 1.165) is 65.8 Å². The number of nitrogens with zero attached hydrogens (tertiary/aromatic N) is 6. The van der Waals surface area contributed by atoms with E-state index in [9.17, 15) is 14.3 Å². The molecule has 5 aliphatic heterocycles. The molecule has 0 unspecified atom stereocenters. The summed E-state index contributed by atoms with van der Waals surface area (Å²) in [4.78, 5) is 30.4. The van der Waals surface area contributed by atoms with E-state index < -0.39 is 12.3 Å². The molecule has 0 saturated carbocycles. The van der Waals surface area contributed by atoms with Crippen molar-refractivity contribution in [3.63, 3.8) is 0 Å². The molecule has 0 radical (unpaired) electrons. The second-order valence-electron chi connectivity index (χ2n) is 13.6. The third-order valence-electron chi connectivity index (χ3n) is 10.8. The summed E-state index contributed by atoms with van der Waals surface area (Å²) in [5, 5.41) is 12.4. The van der Waals surface area contributed by atoms with Gasteiger partial charge in [0.1, 0.15) is 24.3 Å². The van der Waals surface area contributed by atoms with Crippen molar-refractivity contribution in [2.45, 2.75) is 68.9 Å². The van der Waals surface area contributed by atoms with Gasteiger partial charge in [0, 0.05) is 56.7 Å². The zero-order valence-corrected chi connectivity index (χ0v) is 27.3.